The van der Waals surface area contributed by atoms with Gasteiger partial charge in [-0.1, -0.05) is 12.1 Å². The molecule has 1 saturated heterocycles. The predicted octanol–water partition coefficient (Wildman–Crippen LogP) is 2.27. The van der Waals surface area contributed by atoms with Gasteiger partial charge >= 0.3 is 0 Å². The van der Waals surface area contributed by atoms with Crippen molar-refractivity contribution in [1.82, 2.24) is 14.7 Å². The quantitative estimate of drug-likeness (QED) is 0.829. The molecule has 1 aliphatic rings. The van der Waals surface area contributed by atoms with E-state index in [0.717, 1.165) is 31.5 Å². The van der Waals surface area contributed by atoms with Crippen LogP contribution >= 0.6 is 0 Å². The molecular formula is C17H22FN3O2S. The van der Waals surface area contributed by atoms with Crippen LogP contribution in [0.2, 0.25) is 0 Å². The Hall–Kier alpha value is -1.73. The summed E-state index contributed by atoms with van der Waals surface area (Å²) in [7, 11) is -2.94. The van der Waals surface area contributed by atoms with Crippen molar-refractivity contribution in [3.8, 4) is 5.69 Å². The van der Waals surface area contributed by atoms with E-state index in [1.807, 2.05) is 6.20 Å². The fourth-order valence-corrected chi connectivity index (χ4v) is 4.46. The zero-order chi connectivity index (χ0) is 17.2. The van der Waals surface area contributed by atoms with Gasteiger partial charge in [0, 0.05) is 31.1 Å². The van der Waals surface area contributed by atoms with Crippen LogP contribution in [-0.4, -0.2) is 48.2 Å². The van der Waals surface area contributed by atoms with Crippen LogP contribution in [0.15, 0.2) is 36.7 Å². The van der Waals surface area contributed by atoms with E-state index in [-0.39, 0.29) is 17.5 Å². The summed E-state index contributed by atoms with van der Waals surface area (Å²) in [4.78, 5) is 2.25. The molecular weight excluding hydrogens is 329 g/mol. The maximum Gasteiger partial charge on any atom is 0.148 e. The third kappa shape index (κ3) is 4.42. The number of piperidine rings is 1. The number of sulfone groups is 1. The van der Waals surface area contributed by atoms with E-state index in [9.17, 15) is 12.8 Å². The van der Waals surface area contributed by atoms with Gasteiger partial charge in [-0.3, -0.25) is 4.90 Å². The van der Waals surface area contributed by atoms with Crippen LogP contribution in [0.3, 0.4) is 0 Å². The lowest BCUT2D eigenvalue weighted by atomic mass is 10.00. The van der Waals surface area contributed by atoms with Gasteiger partial charge in [-0.2, -0.15) is 5.10 Å². The number of rotatable bonds is 5. The van der Waals surface area contributed by atoms with E-state index in [1.165, 1.54) is 12.3 Å². The molecule has 1 aliphatic heterocycles. The van der Waals surface area contributed by atoms with E-state index in [2.05, 4.69) is 10.00 Å². The minimum Gasteiger partial charge on any atom is -0.299 e. The average Bonchev–Trinajstić information content (AvgIpc) is 2.94. The Kier molecular flexibility index (Phi) is 5.01. The molecule has 1 aromatic heterocycles. The Labute approximate surface area is 142 Å². The molecule has 2 heterocycles. The third-order valence-electron chi connectivity index (χ3n) is 4.28. The summed E-state index contributed by atoms with van der Waals surface area (Å²) >= 11 is 0. The van der Waals surface area contributed by atoms with Gasteiger partial charge in [-0.05, 0) is 37.4 Å². The number of hydrogen-bond acceptors (Lipinski definition) is 4. The fourth-order valence-electron chi connectivity index (χ4n) is 3.33. The highest BCUT2D eigenvalue weighted by Crippen LogP contribution is 2.20. The van der Waals surface area contributed by atoms with Crippen LogP contribution in [0.4, 0.5) is 4.39 Å². The van der Waals surface area contributed by atoms with Gasteiger partial charge < -0.3 is 0 Å². The van der Waals surface area contributed by atoms with Crippen molar-refractivity contribution in [2.45, 2.75) is 19.4 Å². The smallest absolute Gasteiger partial charge is 0.148 e. The standard InChI is InChI=1S/C17H22FN3O2S/c1-24(22,23)13-14-5-4-8-20(10-14)11-15-9-19-21(12-15)17-7-3-2-6-16(17)18/h2-3,6-7,9,12,14H,4-5,8,10-11,13H2,1H3/t14-/m1/s1. The van der Waals surface area contributed by atoms with Gasteiger partial charge in [0.05, 0.1) is 11.9 Å². The summed E-state index contributed by atoms with van der Waals surface area (Å²) in [6, 6.07) is 6.53. The molecule has 0 bridgehead atoms. The molecule has 3 rings (SSSR count). The molecule has 0 unspecified atom stereocenters. The van der Waals surface area contributed by atoms with Crippen LogP contribution in [0.25, 0.3) is 5.69 Å². The van der Waals surface area contributed by atoms with Gasteiger partial charge in [0.2, 0.25) is 0 Å². The molecule has 5 nitrogen and oxygen atoms in total. The molecule has 24 heavy (non-hydrogen) atoms. The fraction of sp³-hybridized carbons (Fsp3) is 0.471. The van der Waals surface area contributed by atoms with Crippen molar-refractivity contribution in [3.63, 3.8) is 0 Å². The van der Waals surface area contributed by atoms with Crippen LogP contribution in [0.1, 0.15) is 18.4 Å². The lowest BCUT2D eigenvalue weighted by Gasteiger charge is -2.32. The lowest BCUT2D eigenvalue weighted by molar-refractivity contribution is 0.178. The predicted molar refractivity (Wildman–Crippen MR) is 91.2 cm³/mol. The molecule has 0 spiro atoms. The van der Waals surface area contributed by atoms with Crippen molar-refractivity contribution in [2.24, 2.45) is 5.92 Å². The Bertz CT molecular complexity index is 804. The molecule has 1 fully saturated rings. The number of para-hydroxylation sites is 1. The number of aromatic nitrogens is 2. The molecule has 7 heteroatoms. The van der Waals surface area contributed by atoms with Crippen LogP contribution < -0.4 is 0 Å². The first-order valence-electron chi connectivity index (χ1n) is 8.09. The summed E-state index contributed by atoms with van der Waals surface area (Å²) in [5.74, 6) is 0.131. The Balaban J connectivity index is 1.65. The number of halogens is 1. The second-order valence-electron chi connectivity index (χ2n) is 6.58. The van der Waals surface area contributed by atoms with Gasteiger partial charge in [-0.25, -0.2) is 17.5 Å². The topological polar surface area (TPSA) is 55.2 Å². The maximum absolute atomic E-state index is 13.8. The van der Waals surface area contributed by atoms with Crippen LogP contribution in [0.5, 0.6) is 0 Å². The van der Waals surface area contributed by atoms with E-state index in [0.29, 0.717) is 12.2 Å². The first kappa shape index (κ1) is 17.1. The average molecular weight is 351 g/mol. The second-order valence-corrected chi connectivity index (χ2v) is 8.77. The van der Waals surface area contributed by atoms with Gasteiger partial charge in [-0.15, -0.1) is 0 Å². The van der Waals surface area contributed by atoms with Crippen molar-refractivity contribution in [1.29, 1.82) is 0 Å². The summed E-state index contributed by atoms with van der Waals surface area (Å²) in [5, 5.41) is 4.25. The van der Waals surface area contributed by atoms with E-state index >= 15 is 0 Å². The number of hydrogen-bond donors (Lipinski definition) is 0. The maximum atomic E-state index is 13.8. The van der Waals surface area contributed by atoms with Gasteiger partial charge in [0.1, 0.15) is 21.3 Å². The second kappa shape index (κ2) is 7.03. The molecule has 0 N–H and O–H groups in total. The number of likely N-dealkylation sites (tertiary alicyclic amines) is 1. The Morgan fingerprint density at radius 3 is 2.88 bits per heavy atom. The molecule has 0 radical (unpaired) electrons. The van der Waals surface area contributed by atoms with E-state index < -0.39 is 9.84 Å². The Morgan fingerprint density at radius 1 is 1.33 bits per heavy atom. The van der Waals surface area contributed by atoms with Crippen LogP contribution in [0, 0.1) is 11.7 Å². The largest absolute Gasteiger partial charge is 0.299 e. The molecule has 130 valence electrons. The Morgan fingerprint density at radius 2 is 2.12 bits per heavy atom. The molecule has 1 atom stereocenters. The van der Waals surface area contributed by atoms with Crippen LogP contribution in [-0.2, 0) is 16.4 Å². The molecule has 0 amide bonds. The first-order chi connectivity index (χ1) is 11.4. The van der Waals surface area contributed by atoms with Crippen molar-refractivity contribution in [2.75, 3.05) is 25.1 Å². The molecule has 2 aromatic rings. The highest BCUT2D eigenvalue weighted by molar-refractivity contribution is 7.90. The SMILES string of the molecule is CS(=O)(=O)C[C@@H]1CCCN(Cc2cnn(-c3ccccc3F)c2)C1. The molecule has 0 saturated carbocycles. The van der Waals surface area contributed by atoms with Crippen molar-refractivity contribution in [3.05, 3.63) is 48.0 Å². The summed E-state index contributed by atoms with van der Waals surface area (Å²) in [6.07, 6.45) is 6.83. The first-order valence-corrected chi connectivity index (χ1v) is 10.2. The highest BCUT2D eigenvalue weighted by Gasteiger charge is 2.23. The minimum atomic E-state index is -2.94. The van der Waals surface area contributed by atoms with E-state index in [4.69, 9.17) is 0 Å². The zero-order valence-electron chi connectivity index (χ0n) is 13.7. The molecule has 1 aromatic carbocycles. The van der Waals surface area contributed by atoms with Crippen molar-refractivity contribution >= 4 is 9.84 Å². The summed E-state index contributed by atoms with van der Waals surface area (Å²) in [6.45, 7) is 2.43. The summed E-state index contributed by atoms with van der Waals surface area (Å²) in [5.41, 5.74) is 1.43. The minimum absolute atomic E-state index is 0.190. The highest BCUT2D eigenvalue weighted by atomic mass is 32.2. The number of nitrogens with zero attached hydrogens (tertiary/aromatic N) is 3. The third-order valence-corrected chi connectivity index (χ3v) is 5.36. The van der Waals surface area contributed by atoms with Crippen molar-refractivity contribution < 1.29 is 12.8 Å². The molecule has 0 aliphatic carbocycles. The van der Waals surface area contributed by atoms with Gasteiger partial charge in [0.15, 0.2) is 0 Å². The summed E-state index contributed by atoms with van der Waals surface area (Å²) < 4.78 is 38.3. The van der Waals surface area contributed by atoms with E-state index in [1.54, 1.807) is 29.1 Å². The monoisotopic (exact) mass is 351 g/mol. The zero-order valence-corrected chi connectivity index (χ0v) is 14.5. The normalized spacial score (nSPS) is 19.5. The van der Waals surface area contributed by atoms with Gasteiger partial charge in [0.25, 0.3) is 0 Å². The number of benzene rings is 1. The lowest BCUT2D eigenvalue weighted by Crippen LogP contribution is -2.37.